The highest BCUT2D eigenvalue weighted by Gasteiger charge is 2.50. The van der Waals surface area contributed by atoms with Crippen molar-refractivity contribution in [2.75, 3.05) is 18.4 Å². The van der Waals surface area contributed by atoms with E-state index in [0.29, 0.717) is 43.5 Å². The van der Waals surface area contributed by atoms with Gasteiger partial charge in [-0.05, 0) is 67.0 Å². The number of benzene rings is 2. The molecule has 1 heterocycles. The van der Waals surface area contributed by atoms with Crippen molar-refractivity contribution in [2.45, 2.75) is 25.4 Å². The average Bonchev–Trinajstić information content (AvgIpc) is 3.13. The lowest BCUT2D eigenvalue weighted by molar-refractivity contribution is 0.0322. The fraction of sp³-hybridized carbons (Fsp3) is 0.381. The normalized spacial score (nSPS) is 27.4. The summed E-state index contributed by atoms with van der Waals surface area (Å²) >= 11 is 0. The molecule has 2 fully saturated rings. The first kappa shape index (κ1) is 17.0. The molecular weight excluding hydrogens is 331 g/mol. The molecular formula is C21H23FN2O2. The zero-order chi connectivity index (χ0) is 18.3. The van der Waals surface area contributed by atoms with Crippen LogP contribution in [0.5, 0.6) is 0 Å². The second kappa shape index (κ2) is 6.40. The molecule has 136 valence electrons. The second-order valence-electron chi connectivity index (χ2n) is 7.62. The Morgan fingerprint density at radius 1 is 1.12 bits per heavy atom. The number of aliphatic hydroxyl groups is 1. The highest BCUT2D eigenvalue weighted by molar-refractivity contribution is 5.89. The van der Waals surface area contributed by atoms with Gasteiger partial charge in [0, 0.05) is 18.8 Å². The Bertz CT molecular complexity index is 807. The highest BCUT2D eigenvalue weighted by atomic mass is 19.1. The third-order valence-corrected chi connectivity index (χ3v) is 5.81. The van der Waals surface area contributed by atoms with E-state index in [1.807, 2.05) is 31.2 Å². The lowest BCUT2D eigenvalue weighted by Gasteiger charge is -2.28. The summed E-state index contributed by atoms with van der Waals surface area (Å²) in [6.07, 6.45) is 1.37. The predicted molar refractivity (Wildman–Crippen MR) is 98.3 cm³/mol. The molecule has 1 saturated carbocycles. The number of fused-ring (bicyclic) bond motifs is 1. The van der Waals surface area contributed by atoms with E-state index >= 15 is 0 Å². The standard InChI is InChI=1S/C21H23FN2O2/c1-14-4-2-3-5-19(14)21(26)10-15-12-24(13-16(15)11-21)20(25)23-18-8-6-17(22)7-9-18/h2-9,15-16,26H,10-13H2,1H3,(H,23,25)/t15-,16+,21?. The fourth-order valence-corrected chi connectivity index (χ4v) is 4.57. The van der Waals surface area contributed by atoms with E-state index in [1.54, 1.807) is 17.0 Å². The topological polar surface area (TPSA) is 52.6 Å². The van der Waals surface area contributed by atoms with Crippen molar-refractivity contribution in [3.05, 3.63) is 65.5 Å². The monoisotopic (exact) mass is 354 g/mol. The van der Waals surface area contributed by atoms with Crippen LogP contribution in [0.15, 0.2) is 48.5 Å². The van der Waals surface area contributed by atoms with E-state index in [2.05, 4.69) is 5.32 Å². The number of hydrogen-bond donors (Lipinski definition) is 2. The lowest BCUT2D eigenvalue weighted by Crippen LogP contribution is -2.35. The van der Waals surface area contributed by atoms with E-state index < -0.39 is 5.60 Å². The SMILES string of the molecule is Cc1ccccc1C1(O)C[C@H]2CN(C(=O)Nc3ccc(F)cc3)C[C@H]2C1. The largest absolute Gasteiger partial charge is 0.385 e. The Labute approximate surface area is 152 Å². The molecule has 4 nitrogen and oxygen atoms in total. The number of rotatable bonds is 2. The number of urea groups is 1. The van der Waals surface area contributed by atoms with Gasteiger partial charge >= 0.3 is 6.03 Å². The van der Waals surface area contributed by atoms with Gasteiger partial charge < -0.3 is 15.3 Å². The summed E-state index contributed by atoms with van der Waals surface area (Å²) in [6, 6.07) is 13.6. The second-order valence-corrected chi connectivity index (χ2v) is 7.62. The minimum atomic E-state index is -0.791. The van der Waals surface area contributed by atoms with Crippen molar-refractivity contribution >= 4 is 11.7 Å². The first-order chi connectivity index (χ1) is 12.4. The first-order valence-corrected chi connectivity index (χ1v) is 9.04. The quantitative estimate of drug-likeness (QED) is 0.859. The van der Waals surface area contributed by atoms with E-state index in [9.17, 15) is 14.3 Å². The molecule has 1 aliphatic heterocycles. The number of anilines is 1. The van der Waals surface area contributed by atoms with Crippen LogP contribution in [-0.2, 0) is 5.60 Å². The molecule has 2 N–H and O–H groups in total. The highest BCUT2D eigenvalue weighted by Crippen LogP contribution is 2.49. The van der Waals surface area contributed by atoms with Gasteiger partial charge in [-0.15, -0.1) is 0 Å². The van der Waals surface area contributed by atoms with Gasteiger partial charge in [-0.1, -0.05) is 24.3 Å². The lowest BCUT2D eigenvalue weighted by atomic mass is 9.87. The molecule has 4 rings (SSSR count). The molecule has 26 heavy (non-hydrogen) atoms. The molecule has 2 aromatic carbocycles. The van der Waals surface area contributed by atoms with E-state index in [0.717, 1.165) is 11.1 Å². The van der Waals surface area contributed by atoms with Gasteiger partial charge in [-0.3, -0.25) is 0 Å². The number of carbonyl (C=O) groups is 1. The number of nitrogens with zero attached hydrogens (tertiary/aromatic N) is 1. The third-order valence-electron chi connectivity index (χ3n) is 5.81. The molecule has 0 bridgehead atoms. The van der Waals surface area contributed by atoms with Crippen LogP contribution < -0.4 is 5.32 Å². The average molecular weight is 354 g/mol. The maximum Gasteiger partial charge on any atom is 0.321 e. The third kappa shape index (κ3) is 3.07. The van der Waals surface area contributed by atoms with E-state index in [1.165, 1.54) is 12.1 Å². The van der Waals surface area contributed by atoms with E-state index in [4.69, 9.17) is 0 Å². The van der Waals surface area contributed by atoms with Crippen LogP contribution in [0, 0.1) is 24.6 Å². The molecule has 2 aromatic rings. The maximum atomic E-state index is 13.0. The Kier molecular flexibility index (Phi) is 4.19. The number of nitrogens with one attached hydrogen (secondary N) is 1. The number of halogens is 1. The van der Waals surface area contributed by atoms with Crippen molar-refractivity contribution in [2.24, 2.45) is 11.8 Å². The minimum absolute atomic E-state index is 0.162. The minimum Gasteiger partial charge on any atom is -0.385 e. The molecule has 2 aliphatic rings. The predicted octanol–water partition coefficient (Wildman–Crippen LogP) is 3.90. The van der Waals surface area contributed by atoms with Crippen LogP contribution in [0.4, 0.5) is 14.9 Å². The molecule has 0 radical (unpaired) electrons. The van der Waals surface area contributed by atoms with Crippen LogP contribution in [-0.4, -0.2) is 29.1 Å². The summed E-state index contributed by atoms with van der Waals surface area (Å²) in [5, 5.41) is 14.0. The van der Waals surface area contributed by atoms with Crippen molar-refractivity contribution < 1.29 is 14.3 Å². The molecule has 5 heteroatoms. The molecule has 1 aliphatic carbocycles. The molecule has 1 saturated heterocycles. The van der Waals surface area contributed by atoms with Crippen LogP contribution in [0.3, 0.4) is 0 Å². The van der Waals surface area contributed by atoms with Crippen molar-refractivity contribution in [3.63, 3.8) is 0 Å². The Morgan fingerprint density at radius 2 is 1.73 bits per heavy atom. The Hall–Kier alpha value is -2.40. The van der Waals surface area contributed by atoms with Gasteiger partial charge in [-0.2, -0.15) is 0 Å². The van der Waals surface area contributed by atoms with Gasteiger partial charge in [0.15, 0.2) is 0 Å². The van der Waals surface area contributed by atoms with Crippen molar-refractivity contribution in [3.8, 4) is 0 Å². The van der Waals surface area contributed by atoms with Gasteiger partial charge in [-0.25, -0.2) is 9.18 Å². The molecule has 0 spiro atoms. The summed E-state index contributed by atoms with van der Waals surface area (Å²) in [6.45, 7) is 3.32. The smallest absolute Gasteiger partial charge is 0.321 e. The van der Waals surface area contributed by atoms with Crippen LogP contribution in [0.2, 0.25) is 0 Å². The number of amides is 2. The molecule has 3 atom stereocenters. The maximum absolute atomic E-state index is 13.0. The summed E-state index contributed by atoms with van der Waals surface area (Å²) in [7, 11) is 0. The van der Waals surface area contributed by atoms with Crippen LogP contribution in [0.25, 0.3) is 0 Å². The Balaban J connectivity index is 1.41. The van der Waals surface area contributed by atoms with Gasteiger partial charge in [0.25, 0.3) is 0 Å². The summed E-state index contributed by atoms with van der Waals surface area (Å²) in [5.74, 6) is 0.284. The molecule has 1 unspecified atom stereocenters. The fourth-order valence-electron chi connectivity index (χ4n) is 4.57. The molecule has 2 amide bonds. The van der Waals surface area contributed by atoms with Gasteiger partial charge in [0.1, 0.15) is 5.82 Å². The zero-order valence-corrected chi connectivity index (χ0v) is 14.8. The number of aryl methyl sites for hydroxylation is 1. The summed E-state index contributed by atoms with van der Waals surface area (Å²) in [4.78, 5) is 14.3. The number of carbonyl (C=O) groups excluding carboxylic acids is 1. The van der Waals surface area contributed by atoms with Gasteiger partial charge in [0.05, 0.1) is 5.60 Å². The zero-order valence-electron chi connectivity index (χ0n) is 14.8. The van der Waals surface area contributed by atoms with Crippen LogP contribution >= 0.6 is 0 Å². The van der Waals surface area contributed by atoms with Crippen LogP contribution in [0.1, 0.15) is 24.0 Å². The van der Waals surface area contributed by atoms with Crippen molar-refractivity contribution in [1.29, 1.82) is 0 Å². The number of likely N-dealkylation sites (tertiary alicyclic amines) is 1. The molecule has 0 aromatic heterocycles. The number of hydrogen-bond acceptors (Lipinski definition) is 2. The Morgan fingerprint density at radius 3 is 2.35 bits per heavy atom. The van der Waals surface area contributed by atoms with Crippen molar-refractivity contribution in [1.82, 2.24) is 4.90 Å². The first-order valence-electron chi connectivity index (χ1n) is 9.04. The van der Waals surface area contributed by atoms with Gasteiger partial charge in [0.2, 0.25) is 0 Å². The van der Waals surface area contributed by atoms with E-state index in [-0.39, 0.29) is 11.8 Å². The summed E-state index contributed by atoms with van der Waals surface area (Å²) < 4.78 is 13.0. The summed E-state index contributed by atoms with van der Waals surface area (Å²) in [5.41, 5.74) is 1.92.